The van der Waals surface area contributed by atoms with Gasteiger partial charge in [-0.25, -0.2) is 9.59 Å². The fourth-order valence-corrected chi connectivity index (χ4v) is 3.84. The average Bonchev–Trinajstić information content (AvgIpc) is 2.80. The molecule has 9 heteroatoms. The molecule has 0 heterocycles. The Hall–Kier alpha value is -3.62. The predicted molar refractivity (Wildman–Crippen MR) is 135 cm³/mol. The third-order valence-electron chi connectivity index (χ3n) is 5.39. The van der Waals surface area contributed by atoms with E-state index < -0.39 is 23.9 Å². The summed E-state index contributed by atoms with van der Waals surface area (Å²) in [5.41, 5.74) is 7.11. The molecular formula is C25H27ClN4O4. The summed E-state index contributed by atoms with van der Waals surface area (Å²) in [5.74, 6) is -1.73. The summed E-state index contributed by atoms with van der Waals surface area (Å²) < 4.78 is 0. The first-order chi connectivity index (χ1) is 16.3. The smallest absolute Gasteiger partial charge is 0.326 e. The number of benzene rings is 3. The number of hydrogen-bond donors (Lipinski definition) is 5. The number of rotatable bonds is 9. The summed E-state index contributed by atoms with van der Waals surface area (Å²) in [6, 6.07) is 14.3. The number of urea groups is 1. The SMILES string of the molecule is Cc1cccc(Cl)c1NC(=O)Nc1cc2ccccc2cc1C(=O)N[C@@H](CCCCN)C(=O)O. The number of nitrogens with one attached hydrogen (secondary N) is 3. The van der Waals surface area contributed by atoms with E-state index in [0.29, 0.717) is 30.1 Å². The zero-order chi connectivity index (χ0) is 24.7. The molecule has 0 unspecified atom stereocenters. The van der Waals surface area contributed by atoms with Crippen LogP contribution in [-0.4, -0.2) is 35.6 Å². The van der Waals surface area contributed by atoms with Crippen LogP contribution in [0.25, 0.3) is 10.8 Å². The molecule has 8 nitrogen and oxygen atoms in total. The number of aliphatic carboxylic acids is 1. The Kier molecular flexibility index (Phi) is 8.45. The number of anilines is 2. The first-order valence-electron chi connectivity index (χ1n) is 10.9. The maximum absolute atomic E-state index is 13.1. The number of carboxylic acids is 1. The van der Waals surface area contributed by atoms with Gasteiger partial charge in [0.2, 0.25) is 0 Å². The molecule has 0 aliphatic carbocycles. The van der Waals surface area contributed by atoms with Gasteiger partial charge in [-0.05, 0) is 67.3 Å². The Morgan fingerprint density at radius 3 is 2.35 bits per heavy atom. The van der Waals surface area contributed by atoms with E-state index in [-0.39, 0.29) is 17.7 Å². The second kappa shape index (κ2) is 11.5. The zero-order valence-electron chi connectivity index (χ0n) is 18.7. The number of hydrogen-bond acceptors (Lipinski definition) is 4. The number of halogens is 1. The maximum Gasteiger partial charge on any atom is 0.326 e. The number of fused-ring (bicyclic) bond motifs is 1. The minimum Gasteiger partial charge on any atom is -0.480 e. The molecule has 0 spiro atoms. The van der Waals surface area contributed by atoms with Crippen molar-refractivity contribution in [2.45, 2.75) is 32.2 Å². The highest BCUT2D eigenvalue weighted by Gasteiger charge is 2.23. The van der Waals surface area contributed by atoms with Crippen LogP contribution in [0.2, 0.25) is 5.02 Å². The summed E-state index contributed by atoms with van der Waals surface area (Å²) in [6.45, 7) is 2.26. The Labute approximate surface area is 202 Å². The van der Waals surface area contributed by atoms with Crippen LogP contribution in [0.5, 0.6) is 0 Å². The van der Waals surface area contributed by atoms with Crippen molar-refractivity contribution < 1.29 is 19.5 Å². The van der Waals surface area contributed by atoms with Crippen molar-refractivity contribution in [3.63, 3.8) is 0 Å². The highest BCUT2D eigenvalue weighted by Crippen LogP contribution is 2.27. The van der Waals surface area contributed by atoms with Crippen LogP contribution in [0.3, 0.4) is 0 Å². The topological polar surface area (TPSA) is 134 Å². The molecule has 0 bridgehead atoms. The molecule has 3 aromatic carbocycles. The molecule has 3 rings (SSSR count). The van der Waals surface area contributed by atoms with Crippen LogP contribution < -0.4 is 21.7 Å². The molecule has 0 aromatic heterocycles. The Balaban J connectivity index is 1.89. The van der Waals surface area contributed by atoms with Crippen LogP contribution in [0.4, 0.5) is 16.2 Å². The van der Waals surface area contributed by atoms with E-state index in [1.54, 1.807) is 24.3 Å². The van der Waals surface area contributed by atoms with E-state index in [0.717, 1.165) is 16.3 Å². The molecule has 3 aromatic rings. The van der Waals surface area contributed by atoms with E-state index in [2.05, 4.69) is 16.0 Å². The van der Waals surface area contributed by atoms with Gasteiger partial charge in [-0.15, -0.1) is 0 Å². The van der Waals surface area contributed by atoms with Crippen LogP contribution in [0.15, 0.2) is 54.6 Å². The molecule has 0 saturated heterocycles. The van der Waals surface area contributed by atoms with Crippen LogP contribution in [-0.2, 0) is 4.79 Å². The van der Waals surface area contributed by atoms with Crippen molar-refractivity contribution >= 4 is 51.7 Å². The number of unbranched alkanes of at least 4 members (excludes halogenated alkanes) is 1. The zero-order valence-corrected chi connectivity index (χ0v) is 19.5. The van der Waals surface area contributed by atoms with E-state index in [1.807, 2.05) is 37.3 Å². The van der Waals surface area contributed by atoms with Gasteiger partial charge in [0, 0.05) is 0 Å². The molecule has 0 aliphatic heterocycles. The van der Waals surface area contributed by atoms with Crippen molar-refractivity contribution in [2.24, 2.45) is 5.73 Å². The van der Waals surface area contributed by atoms with Gasteiger partial charge in [0.1, 0.15) is 6.04 Å². The molecule has 0 saturated carbocycles. The number of amides is 3. The normalized spacial score (nSPS) is 11.6. The van der Waals surface area contributed by atoms with Crippen molar-refractivity contribution in [3.05, 3.63) is 70.7 Å². The molecule has 0 fully saturated rings. The first-order valence-corrected chi connectivity index (χ1v) is 11.3. The quantitative estimate of drug-likeness (QED) is 0.280. The fraction of sp³-hybridized carbons (Fsp3) is 0.240. The van der Waals surface area contributed by atoms with Crippen LogP contribution >= 0.6 is 11.6 Å². The third kappa shape index (κ3) is 6.24. The lowest BCUT2D eigenvalue weighted by atomic mass is 10.0. The second-order valence-corrected chi connectivity index (χ2v) is 8.31. The molecule has 178 valence electrons. The lowest BCUT2D eigenvalue weighted by molar-refractivity contribution is -0.139. The van der Waals surface area contributed by atoms with Gasteiger partial charge in [-0.1, -0.05) is 48.0 Å². The molecule has 34 heavy (non-hydrogen) atoms. The van der Waals surface area contributed by atoms with Crippen molar-refractivity contribution in [2.75, 3.05) is 17.2 Å². The van der Waals surface area contributed by atoms with Crippen LogP contribution in [0.1, 0.15) is 35.2 Å². The largest absolute Gasteiger partial charge is 0.480 e. The molecular weight excluding hydrogens is 456 g/mol. The summed E-state index contributed by atoms with van der Waals surface area (Å²) >= 11 is 6.21. The van der Waals surface area contributed by atoms with Gasteiger partial charge >= 0.3 is 12.0 Å². The van der Waals surface area contributed by atoms with Crippen LogP contribution in [0, 0.1) is 6.92 Å². The maximum atomic E-state index is 13.1. The van der Waals surface area contributed by atoms with Crippen molar-refractivity contribution in [3.8, 4) is 0 Å². The minimum atomic E-state index is -1.13. The number of aryl methyl sites for hydroxylation is 1. The summed E-state index contributed by atoms with van der Waals surface area (Å²) in [4.78, 5) is 37.6. The van der Waals surface area contributed by atoms with Gasteiger partial charge < -0.3 is 26.8 Å². The highest BCUT2D eigenvalue weighted by atomic mass is 35.5. The summed E-state index contributed by atoms with van der Waals surface area (Å²) in [5, 5.41) is 19.5. The van der Waals surface area contributed by atoms with Gasteiger partial charge in [0.05, 0.1) is 22.0 Å². The first kappa shape index (κ1) is 25.0. The average molecular weight is 483 g/mol. The molecule has 3 amide bonds. The molecule has 6 N–H and O–H groups in total. The van der Waals surface area contributed by atoms with Gasteiger partial charge in [0.25, 0.3) is 5.91 Å². The molecule has 0 radical (unpaired) electrons. The lowest BCUT2D eigenvalue weighted by Gasteiger charge is -2.18. The number of carboxylic acid groups (broad SMARTS) is 1. The fourth-order valence-electron chi connectivity index (χ4n) is 3.58. The highest BCUT2D eigenvalue weighted by molar-refractivity contribution is 6.34. The van der Waals surface area contributed by atoms with E-state index in [9.17, 15) is 19.5 Å². The van der Waals surface area contributed by atoms with Gasteiger partial charge in [-0.2, -0.15) is 0 Å². The van der Waals surface area contributed by atoms with Gasteiger partial charge in [-0.3, -0.25) is 4.79 Å². The van der Waals surface area contributed by atoms with Crippen molar-refractivity contribution in [1.82, 2.24) is 5.32 Å². The third-order valence-corrected chi connectivity index (χ3v) is 5.70. The van der Waals surface area contributed by atoms with E-state index in [4.69, 9.17) is 17.3 Å². The monoisotopic (exact) mass is 482 g/mol. The molecule has 1 atom stereocenters. The second-order valence-electron chi connectivity index (χ2n) is 7.90. The number of carbonyl (C=O) groups is 3. The van der Waals surface area contributed by atoms with Crippen molar-refractivity contribution in [1.29, 1.82) is 0 Å². The number of para-hydroxylation sites is 1. The van der Waals surface area contributed by atoms with E-state index in [1.165, 1.54) is 0 Å². The van der Waals surface area contributed by atoms with Gasteiger partial charge in [0.15, 0.2) is 0 Å². The number of carbonyl (C=O) groups excluding carboxylic acids is 2. The minimum absolute atomic E-state index is 0.148. The molecule has 0 aliphatic rings. The number of nitrogens with two attached hydrogens (primary N) is 1. The summed E-state index contributed by atoms with van der Waals surface area (Å²) in [6.07, 6.45) is 1.47. The predicted octanol–water partition coefficient (Wildman–Crippen LogP) is 4.76. The Bertz CT molecular complexity index is 1190. The lowest BCUT2D eigenvalue weighted by Crippen LogP contribution is -2.41. The standard InChI is InChI=1S/C25H27ClN4O4/c1-15-7-6-10-19(26)22(15)30-25(34)29-21-14-17-9-3-2-8-16(17)13-18(21)23(31)28-20(24(32)33)11-4-5-12-27/h2-3,6-10,13-14,20H,4-5,11-12,27H2,1H3,(H,28,31)(H,32,33)(H2,29,30,34)/t20-/m0/s1. The summed E-state index contributed by atoms with van der Waals surface area (Å²) in [7, 11) is 0. The van der Waals surface area contributed by atoms with E-state index >= 15 is 0 Å². The Morgan fingerprint density at radius 2 is 1.71 bits per heavy atom. The Morgan fingerprint density at radius 1 is 1.00 bits per heavy atom.